The van der Waals surface area contributed by atoms with Crippen molar-refractivity contribution in [2.75, 3.05) is 0 Å². The van der Waals surface area contributed by atoms with E-state index in [2.05, 4.69) is 20.8 Å². The van der Waals surface area contributed by atoms with Crippen LogP contribution in [0.2, 0.25) is 0 Å². The fourth-order valence-electron chi connectivity index (χ4n) is 7.27. The predicted octanol–water partition coefficient (Wildman–Crippen LogP) is 4.84. The van der Waals surface area contributed by atoms with Crippen LogP contribution in [0.5, 0.6) is 0 Å². The third-order valence-corrected chi connectivity index (χ3v) is 8.86. The van der Waals surface area contributed by atoms with Gasteiger partial charge in [0.1, 0.15) is 5.60 Å². The molecule has 4 aliphatic carbocycles. The Morgan fingerprint density at radius 3 is 2.48 bits per heavy atom. The number of carbonyl (C=O) groups excluding carboxylic acids is 2. The van der Waals surface area contributed by atoms with Crippen LogP contribution in [0.15, 0.2) is 11.6 Å². The quantitative estimate of drug-likeness (QED) is 0.639. The van der Waals surface area contributed by atoms with Crippen molar-refractivity contribution in [2.45, 2.75) is 84.7 Å². The number of fused-ring (bicyclic) bond motifs is 5. The average Bonchev–Trinajstić information content (AvgIpc) is 2.79. The summed E-state index contributed by atoms with van der Waals surface area (Å²) in [5.41, 5.74) is 1.43. The Bertz CT molecular complexity index is 650. The van der Waals surface area contributed by atoms with E-state index in [1.807, 2.05) is 6.08 Å². The molecule has 0 heterocycles. The van der Waals surface area contributed by atoms with E-state index in [-0.39, 0.29) is 22.4 Å². The first-order chi connectivity index (χ1) is 11.7. The van der Waals surface area contributed by atoms with Crippen LogP contribution in [-0.2, 0) is 14.3 Å². The summed E-state index contributed by atoms with van der Waals surface area (Å²) in [5.74, 6) is 2.24. The topological polar surface area (TPSA) is 43.4 Å². The summed E-state index contributed by atoms with van der Waals surface area (Å²) in [6, 6.07) is 0. The van der Waals surface area contributed by atoms with Crippen molar-refractivity contribution in [1.29, 1.82) is 0 Å². The van der Waals surface area contributed by atoms with E-state index >= 15 is 0 Å². The Hall–Kier alpha value is -1.12. The third kappa shape index (κ3) is 2.30. The van der Waals surface area contributed by atoms with Crippen molar-refractivity contribution < 1.29 is 14.3 Å². The van der Waals surface area contributed by atoms with Gasteiger partial charge in [0, 0.05) is 18.8 Å². The number of allylic oxidation sites excluding steroid dienone is 1. The molecule has 0 radical (unpaired) electrons. The van der Waals surface area contributed by atoms with Gasteiger partial charge in [0.2, 0.25) is 0 Å². The van der Waals surface area contributed by atoms with E-state index in [1.165, 1.54) is 24.8 Å². The molecule has 1 unspecified atom stereocenters. The van der Waals surface area contributed by atoms with E-state index < -0.39 is 0 Å². The van der Waals surface area contributed by atoms with Gasteiger partial charge in [0.05, 0.1) is 0 Å². The van der Waals surface area contributed by atoms with Crippen LogP contribution < -0.4 is 0 Å². The van der Waals surface area contributed by atoms with Crippen LogP contribution in [0.4, 0.5) is 0 Å². The number of ether oxygens (including phenoxy) is 1. The molecule has 0 amide bonds. The molecular weight excluding hydrogens is 312 g/mol. The monoisotopic (exact) mass is 344 g/mol. The highest BCUT2D eigenvalue weighted by Crippen LogP contribution is 2.68. The van der Waals surface area contributed by atoms with Crippen molar-refractivity contribution in [3.05, 3.63) is 11.6 Å². The highest BCUT2D eigenvalue weighted by molar-refractivity contribution is 5.91. The Morgan fingerprint density at radius 1 is 1.04 bits per heavy atom. The van der Waals surface area contributed by atoms with Crippen LogP contribution in [0.25, 0.3) is 0 Å². The van der Waals surface area contributed by atoms with Crippen molar-refractivity contribution in [3.8, 4) is 0 Å². The van der Waals surface area contributed by atoms with Gasteiger partial charge in [-0.2, -0.15) is 0 Å². The van der Waals surface area contributed by atoms with Crippen molar-refractivity contribution in [1.82, 2.24) is 0 Å². The highest BCUT2D eigenvalue weighted by atomic mass is 16.6. The van der Waals surface area contributed by atoms with Gasteiger partial charge in [0.15, 0.2) is 5.78 Å². The van der Waals surface area contributed by atoms with E-state index in [9.17, 15) is 9.59 Å². The van der Waals surface area contributed by atoms with Gasteiger partial charge >= 0.3 is 5.97 Å². The summed E-state index contributed by atoms with van der Waals surface area (Å²) < 4.78 is 5.90. The summed E-state index contributed by atoms with van der Waals surface area (Å²) in [6.45, 7) is 8.52. The van der Waals surface area contributed by atoms with Gasteiger partial charge in [-0.1, -0.05) is 19.4 Å². The number of hydrogen-bond acceptors (Lipinski definition) is 3. The molecule has 3 saturated carbocycles. The molecule has 6 atom stereocenters. The second-order valence-corrected chi connectivity index (χ2v) is 9.79. The molecule has 3 heteroatoms. The molecule has 0 aliphatic heterocycles. The largest absolute Gasteiger partial charge is 0.459 e. The average molecular weight is 344 g/mol. The lowest BCUT2D eigenvalue weighted by Crippen LogP contribution is -2.55. The minimum atomic E-state index is -0.311. The molecule has 3 nitrogen and oxygen atoms in total. The Morgan fingerprint density at radius 2 is 1.76 bits per heavy atom. The lowest BCUT2D eigenvalue weighted by Gasteiger charge is -2.59. The molecule has 0 saturated heterocycles. The second-order valence-electron chi connectivity index (χ2n) is 9.79. The molecule has 3 fully saturated rings. The maximum Gasteiger partial charge on any atom is 0.303 e. The maximum atomic E-state index is 11.9. The SMILES string of the molecule is CC(=O)OC1(C)CC[C@H]2[C@@H]3CCC4=CC(=O)CC[C@]4(C)[C@@H]3CC[C@@]21C. The zero-order valence-corrected chi connectivity index (χ0v) is 16.2. The minimum Gasteiger partial charge on any atom is -0.459 e. The van der Waals surface area contributed by atoms with E-state index in [0.717, 1.165) is 32.1 Å². The number of rotatable bonds is 1. The first kappa shape index (κ1) is 17.3. The summed E-state index contributed by atoms with van der Waals surface area (Å²) in [7, 11) is 0. The standard InChI is InChI=1S/C22H32O3/c1-14(23)25-22(4)12-9-19-17-6-5-15-13-16(24)7-10-20(15,2)18(17)8-11-21(19,22)3/h13,17-19H,5-12H2,1-4H3/t17-,18-,19+,20+,21+,22?/m1/s1. The van der Waals surface area contributed by atoms with Gasteiger partial charge in [-0.05, 0) is 81.1 Å². The zero-order chi connectivity index (χ0) is 18.0. The second kappa shape index (κ2) is 5.44. The molecule has 0 aromatic carbocycles. The normalized spacial score (nSPS) is 48.9. The molecule has 0 N–H and O–H groups in total. The minimum absolute atomic E-state index is 0.0991. The van der Waals surface area contributed by atoms with Crippen LogP contribution in [-0.4, -0.2) is 17.4 Å². The smallest absolute Gasteiger partial charge is 0.303 e. The van der Waals surface area contributed by atoms with Gasteiger partial charge < -0.3 is 4.74 Å². The number of esters is 1. The first-order valence-electron chi connectivity index (χ1n) is 10.1. The maximum absolute atomic E-state index is 11.9. The fourth-order valence-corrected chi connectivity index (χ4v) is 7.27. The number of hydrogen-bond donors (Lipinski definition) is 0. The molecule has 25 heavy (non-hydrogen) atoms. The van der Waals surface area contributed by atoms with Crippen molar-refractivity contribution >= 4 is 11.8 Å². The Balaban J connectivity index is 1.66. The van der Waals surface area contributed by atoms with Crippen LogP contribution in [0, 0.1) is 28.6 Å². The Labute approximate surface area is 151 Å². The number of carbonyl (C=O) groups is 2. The summed E-state index contributed by atoms with van der Waals surface area (Å²) >= 11 is 0. The highest BCUT2D eigenvalue weighted by Gasteiger charge is 2.64. The Kier molecular flexibility index (Phi) is 3.76. The molecule has 4 aliphatic rings. The molecule has 0 bridgehead atoms. The molecule has 0 aromatic heterocycles. The summed E-state index contributed by atoms with van der Waals surface area (Å²) in [4.78, 5) is 23.6. The van der Waals surface area contributed by atoms with Crippen molar-refractivity contribution in [3.63, 3.8) is 0 Å². The van der Waals surface area contributed by atoms with Crippen LogP contribution in [0.1, 0.15) is 79.1 Å². The number of ketones is 1. The molecule has 4 rings (SSSR count). The molecule has 138 valence electrons. The lowest BCUT2D eigenvalue weighted by atomic mass is 9.46. The molecule has 0 aromatic rings. The zero-order valence-electron chi connectivity index (χ0n) is 16.2. The van der Waals surface area contributed by atoms with E-state index in [1.54, 1.807) is 6.92 Å². The van der Waals surface area contributed by atoms with Crippen LogP contribution in [0.3, 0.4) is 0 Å². The third-order valence-electron chi connectivity index (χ3n) is 8.86. The van der Waals surface area contributed by atoms with E-state index in [0.29, 0.717) is 23.5 Å². The molecule has 0 spiro atoms. The molecular formula is C22H32O3. The van der Waals surface area contributed by atoms with Crippen molar-refractivity contribution in [2.24, 2.45) is 28.6 Å². The predicted molar refractivity (Wildman–Crippen MR) is 96.9 cm³/mol. The van der Waals surface area contributed by atoms with Gasteiger partial charge in [-0.3, -0.25) is 9.59 Å². The van der Waals surface area contributed by atoms with E-state index in [4.69, 9.17) is 4.74 Å². The lowest BCUT2D eigenvalue weighted by molar-refractivity contribution is -0.177. The summed E-state index contributed by atoms with van der Waals surface area (Å²) in [5, 5.41) is 0. The fraction of sp³-hybridized carbons (Fsp3) is 0.818. The van der Waals surface area contributed by atoms with Gasteiger partial charge in [0.25, 0.3) is 0 Å². The first-order valence-corrected chi connectivity index (χ1v) is 10.1. The van der Waals surface area contributed by atoms with Gasteiger partial charge in [-0.25, -0.2) is 0 Å². The van der Waals surface area contributed by atoms with Gasteiger partial charge in [-0.15, -0.1) is 0 Å². The van der Waals surface area contributed by atoms with Crippen LogP contribution >= 0.6 is 0 Å². The summed E-state index contributed by atoms with van der Waals surface area (Å²) in [6.07, 6.45) is 10.5.